The molecule has 0 amide bonds. The number of phenolic OH excluding ortho intramolecular Hbond substituents is 1. The van der Waals surface area contributed by atoms with E-state index in [1.165, 1.54) is 0 Å². The zero-order valence-electron chi connectivity index (χ0n) is 8.80. The van der Waals surface area contributed by atoms with Crippen molar-refractivity contribution >= 4 is 5.88 Å². The van der Waals surface area contributed by atoms with Gasteiger partial charge in [0.25, 0.3) is 0 Å². The molecule has 0 aliphatic carbocycles. The van der Waals surface area contributed by atoms with Gasteiger partial charge in [0, 0.05) is 11.6 Å². The number of nitrogens with two attached hydrogens (primary N) is 1. The van der Waals surface area contributed by atoms with Crippen LogP contribution in [0, 0.1) is 0 Å². The van der Waals surface area contributed by atoms with Crippen LogP contribution in [0.15, 0.2) is 28.8 Å². The smallest absolute Gasteiger partial charge is 0.222 e. The van der Waals surface area contributed by atoms with Gasteiger partial charge in [-0.2, -0.15) is 0 Å². The van der Waals surface area contributed by atoms with E-state index in [0.29, 0.717) is 18.1 Å². The first-order valence-electron chi connectivity index (χ1n) is 4.89. The van der Waals surface area contributed by atoms with Crippen molar-refractivity contribution in [2.45, 2.75) is 6.92 Å². The van der Waals surface area contributed by atoms with Gasteiger partial charge in [-0.05, 0) is 25.1 Å². The summed E-state index contributed by atoms with van der Waals surface area (Å²) in [5.74, 6) is 0.768. The number of nitrogens with zero attached hydrogens (tertiary/aromatic N) is 1. The molecule has 0 spiro atoms. The summed E-state index contributed by atoms with van der Waals surface area (Å²) >= 11 is 0. The summed E-state index contributed by atoms with van der Waals surface area (Å²) < 4.78 is 10.0. The molecule has 0 fully saturated rings. The van der Waals surface area contributed by atoms with E-state index >= 15 is 0 Å². The average Bonchev–Trinajstić information content (AvgIpc) is 2.69. The van der Waals surface area contributed by atoms with E-state index in [9.17, 15) is 5.11 Å². The largest absolute Gasteiger partial charge is 0.504 e. The lowest BCUT2D eigenvalue weighted by molar-refractivity contribution is 0.318. The van der Waals surface area contributed by atoms with Gasteiger partial charge in [0.15, 0.2) is 11.5 Å². The maximum atomic E-state index is 9.52. The second kappa shape index (κ2) is 4.14. The predicted octanol–water partition coefficient (Wildman–Crippen LogP) is 2.03. The van der Waals surface area contributed by atoms with Crippen LogP contribution in [0.1, 0.15) is 6.92 Å². The van der Waals surface area contributed by atoms with Crippen molar-refractivity contribution in [1.29, 1.82) is 0 Å². The summed E-state index contributed by atoms with van der Waals surface area (Å²) in [6.45, 7) is 2.33. The molecule has 2 rings (SSSR count). The molecule has 16 heavy (non-hydrogen) atoms. The quantitative estimate of drug-likeness (QED) is 0.827. The molecular formula is C11H12N2O3. The lowest BCUT2D eigenvalue weighted by Crippen LogP contribution is -1.92. The fraction of sp³-hybridized carbons (Fsp3) is 0.182. The normalized spacial score (nSPS) is 10.3. The van der Waals surface area contributed by atoms with Crippen molar-refractivity contribution in [3.8, 4) is 22.8 Å². The highest BCUT2D eigenvalue weighted by Gasteiger charge is 2.08. The van der Waals surface area contributed by atoms with E-state index in [2.05, 4.69) is 5.16 Å². The van der Waals surface area contributed by atoms with Crippen LogP contribution in [0.3, 0.4) is 0 Å². The molecule has 0 unspecified atom stereocenters. The molecule has 3 N–H and O–H groups in total. The van der Waals surface area contributed by atoms with Crippen molar-refractivity contribution in [2.24, 2.45) is 0 Å². The third-order valence-electron chi connectivity index (χ3n) is 2.08. The summed E-state index contributed by atoms with van der Waals surface area (Å²) in [5.41, 5.74) is 6.82. The van der Waals surface area contributed by atoms with Crippen molar-refractivity contribution in [2.75, 3.05) is 12.3 Å². The number of ether oxygens (including phenoxy) is 1. The van der Waals surface area contributed by atoms with Gasteiger partial charge in [0.2, 0.25) is 5.88 Å². The number of benzene rings is 1. The minimum atomic E-state index is 0.0991. The Hall–Kier alpha value is -2.17. The van der Waals surface area contributed by atoms with Gasteiger partial charge in [-0.25, -0.2) is 0 Å². The van der Waals surface area contributed by atoms with Gasteiger partial charge in [-0.3, -0.25) is 0 Å². The summed E-state index contributed by atoms with van der Waals surface area (Å²) in [5, 5.41) is 13.3. The Bertz CT molecular complexity index is 494. The number of aromatic hydroxyl groups is 1. The van der Waals surface area contributed by atoms with Crippen molar-refractivity contribution in [1.82, 2.24) is 5.16 Å². The van der Waals surface area contributed by atoms with Crippen molar-refractivity contribution in [3.63, 3.8) is 0 Å². The number of aromatic nitrogens is 1. The monoisotopic (exact) mass is 220 g/mol. The molecule has 0 atom stereocenters. The number of hydrogen-bond donors (Lipinski definition) is 2. The first-order valence-corrected chi connectivity index (χ1v) is 4.89. The predicted molar refractivity (Wildman–Crippen MR) is 59.2 cm³/mol. The Balaban J connectivity index is 2.39. The molecule has 0 saturated heterocycles. The number of nitrogen functional groups attached to an aromatic ring is 1. The summed E-state index contributed by atoms with van der Waals surface area (Å²) in [4.78, 5) is 0. The van der Waals surface area contributed by atoms with Crippen LogP contribution in [-0.4, -0.2) is 16.9 Å². The Morgan fingerprint density at radius 1 is 1.44 bits per heavy atom. The van der Waals surface area contributed by atoms with Gasteiger partial charge in [0.1, 0.15) is 5.69 Å². The topological polar surface area (TPSA) is 81.5 Å². The molecule has 5 heteroatoms. The summed E-state index contributed by atoms with van der Waals surface area (Å²) in [6.07, 6.45) is 0. The van der Waals surface area contributed by atoms with E-state index in [1.54, 1.807) is 24.3 Å². The minimum absolute atomic E-state index is 0.0991. The maximum absolute atomic E-state index is 9.52. The lowest BCUT2D eigenvalue weighted by atomic mass is 10.1. The zero-order valence-corrected chi connectivity index (χ0v) is 8.80. The van der Waals surface area contributed by atoms with E-state index in [1.807, 2.05) is 6.92 Å². The fourth-order valence-corrected chi connectivity index (χ4v) is 1.37. The van der Waals surface area contributed by atoms with Gasteiger partial charge >= 0.3 is 0 Å². The number of hydrogen-bond acceptors (Lipinski definition) is 5. The molecule has 0 aliphatic heterocycles. The van der Waals surface area contributed by atoms with Gasteiger partial charge in [0.05, 0.1) is 6.61 Å². The molecular weight excluding hydrogens is 208 g/mol. The highest BCUT2D eigenvalue weighted by molar-refractivity contribution is 5.65. The van der Waals surface area contributed by atoms with Crippen LogP contribution in [0.25, 0.3) is 11.3 Å². The molecule has 2 aromatic rings. The molecule has 84 valence electrons. The van der Waals surface area contributed by atoms with Gasteiger partial charge < -0.3 is 20.1 Å². The van der Waals surface area contributed by atoms with Gasteiger partial charge in [-0.15, -0.1) is 0 Å². The molecule has 1 aromatic heterocycles. The van der Waals surface area contributed by atoms with Crippen molar-refractivity contribution in [3.05, 3.63) is 24.3 Å². The van der Waals surface area contributed by atoms with E-state index in [4.69, 9.17) is 15.0 Å². The molecule has 1 heterocycles. The Kier molecular flexibility index (Phi) is 2.68. The number of phenols is 1. The Morgan fingerprint density at radius 2 is 2.25 bits per heavy atom. The van der Waals surface area contributed by atoms with Crippen molar-refractivity contribution < 1.29 is 14.4 Å². The van der Waals surface area contributed by atoms with Crippen LogP contribution in [-0.2, 0) is 0 Å². The first-order chi connectivity index (χ1) is 7.70. The van der Waals surface area contributed by atoms with Crippen LogP contribution >= 0.6 is 0 Å². The molecule has 0 aliphatic rings. The third-order valence-corrected chi connectivity index (χ3v) is 2.08. The molecule has 1 aromatic carbocycles. The first kappa shape index (κ1) is 10.4. The molecule has 0 bridgehead atoms. The van der Waals surface area contributed by atoms with Crippen LogP contribution < -0.4 is 10.5 Å². The molecule has 0 saturated carbocycles. The van der Waals surface area contributed by atoms with E-state index < -0.39 is 0 Å². The SMILES string of the molecule is CCOc1cc(-c2cc(N)on2)ccc1O. The Labute approximate surface area is 92.4 Å². The second-order valence-corrected chi connectivity index (χ2v) is 3.23. The summed E-state index contributed by atoms with van der Waals surface area (Å²) in [7, 11) is 0. The number of rotatable bonds is 3. The van der Waals surface area contributed by atoms with E-state index in [-0.39, 0.29) is 11.6 Å². The molecule has 5 nitrogen and oxygen atoms in total. The highest BCUT2D eigenvalue weighted by Crippen LogP contribution is 2.31. The van der Waals surface area contributed by atoms with Crippen LogP contribution in [0.2, 0.25) is 0 Å². The maximum Gasteiger partial charge on any atom is 0.222 e. The second-order valence-electron chi connectivity index (χ2n) is 3.23. The zero-order chi connectivity index (χ0) is 11.5. The fourth-order valence-electron chi connectivity index (χ4n) is 1.37. The minimum Gasteiger partial charge on any atom is -0.504 e. The van der Waals surface area contributed by atoms with E-state index in [0.717, 1.165) is 5.56 Å². The van der Waals surface area contributed by atoms with Crippen LogP contribution in [0.5, 0.6) is 11.5 Å². The van der Waals surface area contributed by atoms with Crippen LogP contribution in [0.4, 0.5) is 5.88 Å². The van der Waals surface area contributed by atoms with Gasteiger partial charge in [-0.1, -0.05) is 5.16 Å². The highest BCUT2D eigenvalue weighted by atomic mass is 16.5. The lowest BCUT2D eigenvalue weighted by Gasteiger charge is -2.06. The third kappa shape index (κ3) is 1.93. The summed E-state index contributed by atoms with van der Waals surface area (Å²) in [6, 6.07) is 6.57. The number of anilines is 1. The standard InChI is InChI=1S/C11H12N2O3/c1-2-15-10-5-7(3-4-9(10)14)8-6-11(12)16-13-8/h3-6,14H,2,12H2,1H3. The Morgan fingerprint density at radius 3 is 2.88 bits per heavy atom. The average molecular weight is 220 g/mol. The molecule has 0 radical (unpaired) electrons.